The van der Waals surface area contributed by atoms with Crippen molar-refractivity contribution in [3.05, 3.63) is 65.2 Å². The molecule has 144 valence electrons. The normalized spacial score (nSPS) is 10.9. The first kappa shape index (κ1) is 20.4. The summed E-state index contributed by atoms with van der Waals surface area (Å²) in [6, 6.07) is 13.6. The first-order chi connectivity index (χ1) is 12.7. The molecule has 0 radical (unpaired) electrons. The second-order valence-electron chi connectivity index (χ2n) is 6.08. The van der Waals surface area contributed by atoms with Gasteiger partial charge in [0.1, 0.15) is 6.54 Å². The van der Waals surface area contributed by atoms with E-state index < -0.39 is 28.4 Å². The van der Waals surface area contributed by atoms with Gasteiger partial charge in [-0.15, -0.1) is 0 Å². The lowest BCUT2D eigenvalue weighted by Crippen LogP contribution is -2.40. The molecule has 1 amide bonds. The molecule has 0 aliphatic rings. The molecule has 0 aliphatic heterocycles. The summed E-state index contributed by atoms with van der Waals surface area (Å²) in [5.74, 6) is -1.04. The summed E-state index contributed by atoms with van der Waals surface area (Å²) >= 11 is 0. The number of nitrogens with zero attached hydrogens (tertiary/aromatic N) is 1. The quantitative estimate of drug-likeness (QED) is 0.729. The van der Waals surface area contributed by atoms with Gasteiger partial charge in [0.15, 0.2) is 0 Å². The fourth-order valence-corrected chi connectivity index (χ4v) is 3.36. The molecule has 0 aliphatic carbocycles. The third kappa shape index (κ3) is 5.82. The molecule has 0 saturated carbocycles. The van der Waals surface area contributed by atoms with E-state index in [9.17, 15) is 18.0 Å². The first-order valence-electron chi connectivity index (χ1n) is 8.19. The van der Waals surface area contributed by atoms with Crippen molar-refractivity contribution in [2.75, 3.05) is 24.2 Å². The van der Waals surface area contributed by atoms with Crippen LogP contribution in [0.2, 0.25) is 0 Å². The molecular weight excluding hydrogens is 368 g/mol. The van der Waals surface area contributed by atoms with Crippen LogP contribution in [0.15, 0.2) is 48.5 Å². The van der Waals surface area contributed by atoms with Gasteiger partial charge in [0.05, 0.1) is 24.6 Å². The Morgan fingerprint density at radius 2 is 1.81 bits per heavy atom. The zero-order valence-corrected chi connectivity index (χ0v) is 16.2. The standard InChI is InChI=1S/C19H22N2O5S/c1-14-6-4-7-15(10-14)12-20-18(22)13-21(27(3,24)25)17-9-5-8-16(11-17)19(23)26-2/h4-11H,12-13H2,1-3H3,(H,20,22). The summed E-state index contributed by atoms with van der Waals surface area (Å²) in [4.78, 5) is 24.0. The molecule has 2 rings (SSSR count). The van der Waals surface area contributed by atoms with Crippen LogP contribution in [-0.4, -0.2) is 40.2 Å². The SMILES string of the molecule is COC(=O)c1cccc(N(CC(=O)NCc2cccc(C)c2)S(C)(=O)=O)c1. The second kappa shape index (κ2) is 8.68. The van der Waals surface area contributed by atoms with Gasteiger partial charge in [0.25, 0.3) is 0 Å². The van der Waals surface area contributed by atoms with Gasteiger partial charge in [-0.3, -0.25) is 9.10 Å². The van der Waals surface area contributed by atoms with Crippen molar-refractivity contribution in [2.24, 2.45) is 0 Å². The highest BCUT2D eigenvalue weighted by Crippen LogP contribution is 2.19. The molecule has 0 atom stereocenters. The van der Waals surface area contributed by atoms with Crippen LogP contribution >= 0.6 is 0 Å². The van der Waals surface area contributed by atoms with Gasteiger partial charge >= 0.3 is 5.97 Å². The van der Waals surface area contributed by atoms with Crippen LogP contribution < -0.4 is 9.62 Å². The van der Waals surface area contributed by atoms with Crippen LogP contribution in [0.3, 0.4) is 0 Å². The van der Waals surface area contributed by atoms with Gasteiger partial charge < -0.3 is 10.1 Å². The van der Waals surface area contributed by atoms with Crippen LogP contribution in [0, 0.1) is 6.92 Å². The predicted octanol–water partition coefficient (Wildman–Crippen LogP) is 1.86. The highest BCUT2D eigenvalue weighted by molar-refractivity contribution is 7.92. The molecule has 0 aromatic heterocycles. The maximum atomic E-state index is 12.3. The van der Waals surface area contributed by atoms with Crippen molar-refractivity contribution in [1.29, 1.82) is 0 Å². The fraction of sp³-hybridized carbons (Fsp3) is 0.263. The van der Waals surface area contributed by atoms with Gasteiger partial charge in [-0.2, -0.15) is 0 Å². The highest BCUT2D eigenvalue weighted by atomic mass is 32.2. The lowest BCUT2D eigenvalue weighted by atomic mass is 10.1. The number of esters is 1. The number of carbonyl (C=O) groups is 2. The summed E-state index contributed by atoms with van der Waals surface area (Å²) < 4.78 is 29.9. The molecule has 0 heterocycles. The monoisotopic (exact) mass is 390 g/mol. The number of amides is 1. The summed E-state index contributed by atoms with van der Waals surface area (Å²) in [6.45, 7) is 1.85. The Bertz CT molecular complexity index is 941. The van der Waals surface area contributed by atoms with Gasteiger partial charge in [-0.05, 0) is 30.7 Å². The molecule has 2 aromatic rings. The van der Waals surface area contributed by atoms with Crippen LogP contribution in [0.1, 0.15) is 21.5 Å². The molecule has 7 nitrogen and oxygen atoms in total. The molecule has 0 fully saturated rings. The van der Waals surface area contributed by atoms with Crippen LogP contribution in [0.5, 0.6) is 0 Å². The topological polar surface area (TPSA) is 92.8 Å². The minimum Gasteiger partial charge on any atom is -0.465 e. The summed E-state index contributed by atoms with van der Waals surface area (Å²) in [5, 5.41) is 2.71. The zero-order chi connectivity index (χ0) is 20.0. The molecule has 0 saturated heterocycles. The number of carbonyl (C=O) groups excluding carboxylic acids is 2. The van der Waals surface area contributed by atoms with Crippen molar-refractivity contribution < 1.29 is 22.7 Å². The fourth-order valence-electron chi connectivity index (χ4n) is 2.51. The molecule has 8 heteroatoms. The Hall–Kier alpha value is -2.87. The van der Waals surface area contributed by atoms with E-state index in [1.165, 1.54) is 31.4 Å². The van der Waals surface area contributed by atoms with Crippen LogP contribution in [-0.2, 0) is 26.1 Å². The average Bonchev–Trinajstić information content (AvgIpc) is 2.63. The second-order valence-corrected chi connectivity index (χ2v) is 7.98. The lowest BCUT2D eigenvalue weighted by molar-refractivity contribution is -0.119. The Balaban J connectivity index is 2.15. The number of methoxy groups -OCH3 is 1. The maximum Gasteiger partial charge on any atom is 0.337 e. The van der Waals surface area contributed by atoms with Gasteiger partial charge in [0, 0.05) is 6.54 Å². The van der Waals surface area contributed by atoms with E-state index in [1.807, 2.05) is 31.2 Å². The molecule has 0 unspecified atom stereocenters. The number of benzene rings is 2. The van der Waals surface area contributed by atoms with Gasteiger partial charge in [-0.1, -0.05) is 35.9 Å². The number of sulfonamides is 1. The number of hydrogen-bond acceptors (Lipinski definition) is 5. The van der Waals surface area contributed by atoms with E-state index in [-0.39, 0.29) is 11.3 Å². The number of ether oxygens (including phenoxy) is 1. The molecule has 0 bridgehead atoms. The number of nitrogens with one attached hydrogen (secondary N) is 1. The average molecular weight is 390 g/mol. The van der Waals surface area contributed by atoms with E-state index >= 15 is 0 Å². The van der Waals surface area contributed by atoms with E-state index in [4.69, 9.17) is 0 Å². The van der Waals surface area contributed by atoms with Crippen molar-refractivity contribution in [1.82, 2.24) is 5.32 Å². The Morgan fingerprint density at radius 1 is 1.11 bits per heavy atom. The molecular formula is C19H22N2O5S. The zero-order valence-electron chi connectivity index (χ0n) is 15.4. The van der Waals surface area contributed by atoms with Crippen LogP contribution in [0.4, 0.5) is 5.69 Å². The van der Waals surface area contributed by atoms with Crippen molar-refractivity contribution in [3.8, 4) is 0 Å². The molecule has 2 aromatic carbocycles. The largest absolute Gasteiger partial charge is 0.465 e. The van der Waals surface area contributed by atoms with Gasteiger partial charge in [0.2, 0.25) is 15.9 Å². The predicted molar refractivity (Wildman–Crippen MR) is 103 cm³/mol. The molecule has 0 spiro atoms. The summed E-state index contributed by atoms with van der Waals surface area (Å²) in [5.41, 5.74) is 2.40. The molecule has 27 heavy (non-hydrogen) atoms. The third-order valence-corrected chi connectivity index (χ3v) is 4.96. The van der Waals surface area contributed by atoms with E-state index in [0.717, 1.165) is 21.7 Å². The van der Waals surface area contributed by atoms with E-state index in [0.29, 0.717) is 6.54 Å². The van der Waals surface area contributed by atoms with Crippen molar-refractivity contribution >= 4 is 27.6 Å². The minimum atomic E-state index is -3.73. The number of anilines is 1. The first-order valence-corrected chi connectivity index (χ1v) is 10.0. The van der Waals surface area contributed by atoms with Gasteiger partial charge in [-0.25, -0.2) is 13.2 Å². The Morgan fingerprint density at radius 3 is 2.44 bits per heavy atom. The Labute approximate surface area is 159 Å². The van der Waals surface area contributed by atoms with E-state index in [2.05, 4.69) is 10.1 Å². The highest BCUT2D eigenvalue weighted by Gasteiger charge is 2.22. The van der Waals surface area contributed by atoms with Crippen LogP contribution in [0.25, 0.3) is 0 Å². The van der Waals surface area contributed by atoms with E-state index in [1.54, 1.807) is 0 Å². The van der Waals surface area contributed by atoms with Crippen molar-refractivity contribution in [3.63, 3.8) is 0 Å². The Kier molecular flexibility index (Phi) is 6.57. The maximum absolute atomic E-state index is 12.3. The lowest BCUT2D eigenvalue weighted by Gasteiger charge is -2.22. The third-order valence-electron chi connectivity index (χ3n) is 3.81. The molecule has 1 N–H and O–H groups in total. The number of rotatable bonds is 7. The number of aryl methyl sites for hydroxylation is 1. The summed E-state index contributed by atoms with van der Waals surface area (Å²) in [7, 11) is -2.49. The minimum absolute atomic E-state index is 0.198. The van der Waals surface area contributed by atoms with Crippen molar-refractivity contribution in [2.45, 2.75) is 13.5 Å². The smallest absolute Gasteiger partial charge is 0.337 e. The number of hydrogen-bond donors (Lipinski definition) is 1. The summed E-state index contributed by atoms with van der Waals surface area (Å²) in [6.07, 6.45) is 1.01.